The van der Waals surface area contributed by atoms with Gasteiger partial charge in [0.2, 0.25) is 0 Å². The molecule has 0 fully saturated rings. The van der Waals surface area contributed by atoms with Crippen molar-refractivity contribution >= 4 is 32.2 Å². The van der Waals surface area contributed by atoms with Gasteiger partial charge >= 0.3 is 114 Å². The SMILES string of the molecule is N#CS[C](=[Zn])/C=C\c1ccc2ccccc2n1. The van der Waals surface area contributed by atoms with Crippen molar-refractivity contribution in [1.82, 2.24) is 4.98 Å². The molecule has 0 aliphatic rings. The molecule has 0 radical (unpaired) electrons. The number of para-hydroxylation sites is 1. The van der Waals surface area contributed by atoms with E-state index in [-0.39, 0.29) is 0 Å². The Morgan fingerprint density at radius 1 is 1.29 bits per heavy atom. The maximum absolute atomic E-state index is 8.54. The topological polar surface area (TPSA) is 36.7 Å². The van der Waals surface area contributed by atoms with Crippen LogP contribution in [0.3, 0.4) is 0 Å². The summed E-state index contributed by atoms with van der Waals surface area (Å²) in [5, 5.41) is 11.8. The van der Waals surface area contributed by atoms with Gasteiger partial charge in [0.15, 0.2) is 0 Å². The fourth-order valence-corrected chi connectivity index (χ4v) is 2.35. The number of fused-ring (bicyclic) bond motifs is 1. The number of hydrogen-bond acceptors (Lipinski definition) is 3. The molecule has 0 unspecified atom stereocenters. The fraction of sp³-hybridized carbons (Fsp3) is 0. The number of thioether (sulfide) groups is 1. The summed E-state index contributed by atoms with van der Waals surface area (Å²) in [4.78, 5) is 4.53. The minimum atomic E-state index is 0.924. The molecule has 2 nitrogen and oxygen atoms in total. The van der Waals surface area contributed by atoms with Crippen molar-refractivity contribution < 1.29 is 17.9 Å². The zero-order chi connectivity index (χ0) is 12.1. The standard InChI is InChI=1S/C13H8N2S.Zn/c14-10-16-9-3-5-12-8-7-11-4-1-2-6-13(11)15-12;/h1-8H;/b5-3-;. The van der Waals surface area contributed by atoms with Crippen LogP contribution in [0.15, 0.2) is 42.5 Å². The second-order valence-corrected chi connectivity index (χ2v) is 7.01. The number of hydrogen-bond donors (Lipinski definition) is 0. The summed E-state index contributed by atoms with van der Waals surface area (Å²) in [5.74, 6) is 0. The van der Waals surface area contributed by atoms with Crippen molar-refractivity contribution in [3.8, 4) is 5.40 Å². The van der Waals surface area contributed by atoms with Gasteiger partial charge in [-0.1, -0.05) is 0 Å². The van der Waals surface area contributed by atoms with Crippen LogP contribution in [0.5, 0.6) is 0 Å². The number of nitrogens with zero attached hydrogens (tertiary/aromatic N) is 2. The number of thiocyanates is 1. The molecule has 78 valence electrons. The summed E-state index contributed by atoms with van der Waals surface area (Å²) in [5.41, 5.74) is 1.92. The van der Waals surface area contributed by atoms with Crippen molar-refractivity contribution in [3.63, 3.8) is 0 Å². The van der Waals surface area contributed by atoms with Crippen molar-refractivity contribution in [2.75, 3.05) is 0 Å². The Kier molecular flexibility index (Phi) is 4.20. The Morgan fingerprint density at radius 2 is 2.12 bits per heavy atom. The van der Waals surface area contributed by atoms with Crippen LogP contribution in [0, 0.1) is 10.7 Å². The maximum atomic E-state index is 8.54. The van der Waals surface area contributed by atoms with Gasteiger partial charge in [0.05, 0.1) is 0 Å². The third kappa shape index (κ3) is 3.33. The third-order valence-corrected chi connectivity index (χ3v) is 4.13. The van der Waals surface area contributed by atoms with Gasteiger partial charge in [0.1, 0.15) is 0 Å². The molecule has 0 bridgehead atoms. The molecule has 0 atom stereocenters. The molecule has 4 heteroatoms. The molecule has 0 saturated heterocycles. The second-order valence-electron chi connectivity index (χ2n) is 3.42. The molecule has 2 rings (SSSR count). The molecular weight excluding hydrogens is 282 g/mol. The van der Waals surface area contributed by atoms with E-state index in [1.807, 2.05) is 42.5 Å². The van der Waals surface area contributed by atoms with Crippen LogP contribution in [0.25, 0.3) is 17.0 Å². The Hall–Kier alpha value is -1.30. The van der Waals surface area contributed by atoms with Gasteiger partial charge in [0, 0.05) is 0 Å². The number of rotatable bonds is 3. The Balaban J connectivity index is 2.26. The van der Waals surface area contributed by atoms with E-state index in [0.717, 1.165) is 37.9 Å². The summed E-state index contributed by atoms with van der Waals surface area (Å²) >= 11 is 2.21. The fourth-order valence-electron chi connectivity index (χ4n) is 1.45. The van der Waals surface area contributed by atoms with Crippen LogP contribution in [-0.2, 0) is 17.9 Å². The quantitative estimate of drug-likeness (QED) is 0.643. The molecular formula is C13H8N2SZn. The molecule has 0 saturated carbocycles. The predicted molar refractivity (Wildman–Crippen MR) is 69.0 cm³/mol. The van der Waals surface area contributed by atoms with E-state index in [9.17, 15) is 0 Å². The van der Waals surface area contributed by atoms with Gasteiger partial charge in [-0.05, 0) is 0 Å². The van der Waals surface area contributed by atoms with E-state index in [1.54, 1.807) is 0 Å². The van der Waals surface area contributed by atoms with E-state index in [0.29, 0.717) is 0 Å². The van der Waals surface area contributed by atoms with Gasteiger partial charge in [-0.25, -0.2) is 0 Å². The first-order valence-electron chi connectivity index (χ1n) is 5.08. The van der Waals surface area contributed by atoms with E-state index in [2.05, 4.69) is 16.5 Å². The summed E-state index contributed by atoms with van der Waals surface area (Å²) in [6.07, 6.45) is 3.92. The summed E-state index contributed by atoms with van der Waals surface area (Å²) in [6, 6.07) is 12.1. The molecule has 1 aromatic heterocycles. The van der Waals surface area contributed by atoms with Crippen molar-refractivity contribution in [3.05, 3.63) is 48.2 Å². The van der Waals surface area contributed by atoms with Gasteiger partial charge in [0.25, 0.3) is 0 Å². The van der Waals surface area contributed by atoms with E-state index in [1.165, 1.54) is 11.8 Å². The first-order chi connectivity index (χ1) is 8.29. The minimum absolute atomic E-state index is 0.924. The van der Waals surface area contributed by atoms with Crippen molar-refractivity contribution in [1.29, 1.82) is 5.26 Å². The van der Waals surface area contributed by atoms with E-state index >= 15 is 0 Å². The molecule has 0 aliphatic carbocycles. The first-order valence-corrected chi connectivity index (χ1v) is 7.38. The molecule has 1 aromatic carbocycles. The zero-order valence-corrected chi connectivity index (χ0v) is 12.9. The van der Waals surface area contributed by atoms with E-state index < -0.39 is 0 Å². The van der Waals surface area contributed by atoms with Crippen LogP contribution in [0.1, 0.15) is 5.69 Å². The molecule has 0 amide bonds. The number of pyridine rings is 1. The van der Waals surface area contributed by atoms with Crippen molar-refractivity contribution in [2.45, 2.75) is 0 Å². The van der Waals surface area contributed by atoms with Gasteiger partial charge < -0.3 is 0 Å². The van der Waals surface area contributed by atoms with Crippen LogP contribution < -0.4 is 0 Å². The summed E-state index contributed by atoms with van der Waals surface area (Å²) < 4.78 is 1.09. The molecule has 17 heavy (non-hydrogen) atoms. The second kappa shape index (κ2) is 5.86. The van der Waals surface area contributed by atoms with Crippen LogP contribution in [0.4, 0.5) is 0 Å². The Labute approximate surface area is 114 Å². The molecule has 0 spiro atoms. The molecule has 2 aromatic rings. The summed E-state index contributed by atoms with van der Waals surface area (Å²) in [6.45, 7) is 0. The third-order valence-electron chi connectivity index (χ3n) is 2.24. The Morgan fingerprint density at radius 3 is 2.94 bits per heavy atom. The van der Waals surface area contributed by atoms with E-state index in [4.69, 9.17) is 5.26 Å². The zero-order valence-electron chi connectivity index (χ0n) is 9.13. The Bertz CT molecular complexity index is 629. The predicted octanol–water partition coefficient (Wildman–Crippen LogP) is 3.14. The number of benzene rings is 1. The van der Waals surface area contributed by atoms with Crippen molar-refractivity contribution in [2.24, 2.45) is 0 Å². The van der Waals surface area contributed by atoms with Gasteiger partial charge in [-0.3, -0.25) is 0 Å². The molecule has 0 N–H and O–H groups in total. The normalized spacial score (nSPS) is 10.6. The molecule has 1 heterocycles. The average Bonchev–Trinajstić information content (AvgIpc) is 2.36. The monoisotopic (exact) mass is 288 g/mol. The molecule has 0 aliphatic heterocycles. The van der Waals surface area contributed by atoms with Gasteiger partial charge in [-0.15, -0.1) is 0 Å². The first kappa shape index (κ1) is 12.2. The van der Waals surface area contributed by atoms with Gasteiger partial charge in [-0.2, -0.15) is 0 Å². The van der Waals surface area contributed by atoms with Crippen LogP contribution in [0.2, 0.25) is 0 Å². The number of nitriles is 1. The summed E-state index contributed by atoms with van der Waals surface area (Å²) in [7, 11) is 0. The average molecular weight is 290 g/mol. The van der Waals surface area contributed by atoms with Crippen LogP contribution in [-0.4, -0.2) is 8.42 Å². The number of aromatic nitrogens is 1. The van der Waals surface area contributed by atoms with Crippen LogP contribution >= 0.6 is 11.8 Å².